The molecule has 6 nitrogen and oxygen atoms in total. The van der Waals surface area contributed by atoms with E-state index in [4.69, 9.17) is 4.74 Å². The lowest BCUT2D eigenvalue weighted by molar-refractivity contribution is -0.134. The molecule has 1 atom stereocenters. The molecule has 2 aliphatic rings. The molecule has 0 aliphatic carbocycles. The Morgan fingerprint density at radius 3 is 2.76 bits per heavy atom. The fourth-order valence-electron chi connectivity index (χ4n) is 3.32. The number of anilines is 1. The van der Waals surface area contributed by atoms with Crippen LogP contribution in [0, 0.1) is 12.8 Å². The van der Waals surface area contributed by atoms with Gasteiger partial charge in [-0.25, -0.2) is 0 Å². The molecule has 0 saturated carbocycles. The van der Waals surface area contributed by atoms with Gasteiger partial charge in [-0.1, -0.05) is 24.3 Å². The van der Waals surface area contributed by atoms with Crippen molar-refractivity contribution >= 4 is 11.7 Å². The maximum absolute atomic E-state index is 12.4. The molecule has 0 radical (unpaired) electrons. The number of carbonyl (C=O) groups is 1. The summed E-state index contributed by atoms with van der Waals surface area (Å²) in [5, 5.41) is 11.3. The minimum atomic E-state index is -0.381. The number of aromatic nitrogens is 2. The Labute approximate surface area is 147 Å². The van der Waals surface area contributed by atoms with Gasteiger partial charge in [0.15, 0.2) is 5.82 Å². The van der Waals surface area contributed by atoms with Crippen molar-refractivity contribution in [1.82, 2.24) is 15.5 Å². The molecule has 4 rings (SSSR count). The first-order chi connectivity index (χ1) is 12.2. The molecule has 6 heteroatoms. The maximum Gasteiger partial charge on any atom is 0.249 e. The first-order valence-electron chi connectivity index (χ1n) is 8.70. The van der Waals surface area contributed by atoms with Crippen LogP contribution in [0.15, 0.2) is 36.4 Å². The Bertz CT molecular complexity index is 756. The predicted molar refractivity (Wildman–Crippen MR) is 94.2 cm³/mol. The zero-order valence-corrected chi connectivity index (χ0v) is 14.3. The molecule has 1 aromatic carbocycles. The van der Waals surface area contributed by atoms with E-state index in [-0.39, 0.29) is 12.0 Å². The van der Waals surface area contributed by atoms with Crippen LogP contribution >= 0.6 is 0 Å². The zero-order valence-electron chi connectivity index (χ0n) is 14.3. The molecular formula is C19H22N4O2. The number of nitrogens with zero attached hydrogens (tertiary/aromatic N) is 3. The molecule has 25 heavy (non-hydrogen) atoms. The van der Waals surface area contributed by atoms with Gasteiger partial charge >= 0.3 is 0 Å². The van der Waals surface area contributed by atoms with Gasteiger partial charge in [-0.3, -0.25) is 4.79 Å². The van der Waals surface area contributed by atoms with Gasteiger partial charge in [0.1, 0.15) is 6.10 Å². The van der Waals surface area contributed by atoms with Crippen molar-refractivity contribution in [3.05, 3.63) is 53.2 Å². The van der Waals surface area contributed by atoms with E-state index in [0.29, 0.717) is 25.5 Å². The van der Waals surface area contributed by atoms with Crippen LogP contribution in [0.2, 0.25) is 0 Å². The molecule has 1 N–H and O–H groups in total. The Kier molecular flexibility index (Phi) is 4.36. The van der Waals surface area contributed by atoms with Crippen LogP contribution in [-0.4, -0.2) is 41.8 Å². The maximum atomic E-state index is 12.4. The predicted octanol–water partition coefficient (Wildman–Crippen LogP) is 1.48. The number of hydrogen-bond donors (Lipinski definition) is 1. The zero-order chi connectivity index (χ0) is 17.2. The number of fused-ring (bicyclic) bond motifs is 1. The third-order valence-electron chi connectivity index (χ3n) is 4.89. The average Bonchev–Trinajstić information content (AvgIpc) is 2.61. The summed E-state index contributed by atoms with van der Waals surface area (Å²) >= 11 is 0. The summed E-state index contributed by atoms with van der Waals surface area (Å²) in [7, 11) is 0. The fourth-order valence-corrected chi connectivity index (χ4v) is 3.32. The van der Waals surface area contributed by atoms with Gasteiger partial charge < -0.3 is 15.0 Å². The van der Waals surface area contributed by atoms with Crippen LogP contribution in [0.3, 0.4) is 0 Å². The molecule has 1 fully saturated rings. The van der Waals surface area contributed by atoms with Crippen molar-refractivity contribution in [3.63, 3.8) is 0 Å². The number of carbonyl (C=O) groups excluding carboxylic acids is 1. The molecule has 1 unspecified atom stereocenters. The molecular weight excluding hydrogens is 316 g/mol. The van der Waals surface area contributed by atoms with Gasteiger partial charge in [0.25, 0.3) is 0 Å². The summed E-state index contributed by atoms with van der Waals surface area (Å²) in [5.74, 6) is 1.34. The van der Waals surface area contributed by atoms with Crippen molar-refractivity contribution in [3.8, 4) is 0 Å². The summed E-state index contributed by atoms with van der Waals surface area (Å²) < 4.78 is 5.71. The van der Waals surface area contributed by atoms with E-state index in [1.54, 1.807) is 0 Å². The SMILES string of the molecule is Cc1ccc(N2CC(CNC(=O)C3Cc4ccccc4CO3)C2)nn1. The van der Waals surface area contributed by atoms with Crippen LogP contribution in [-0.2, 0) is 22.6 Å². The van der Waals surface area contributed by atoms with Crippen LogP contribution in [0.5, 0.6) is 0 Å². The number of rotatable bonds is 4. The Balaban J connectivity index is 1.23. The lowest BCUT2D eigenvalue weighted by Crippen LogP contribution is -2.53. The standard InChI is InChI=1S/C19H22N4O2/c1-13-6-7-18(22-21-13)23-10-14(11-23)9-20-19(24)17-8-15-4-2-3-5-16(15)12-25-17/h2-7,14,17H,8-12H2,1H3,(H,20,24). The van der Waals surface area contributed by atoms with Crippen molar-refractivity contribution in [2.45, 2.75) is 26.1 Å². The molecule has 2 aliphatic heterocycles. The highest BCUT2D eigenvalue weighted by Gasteiger charge is 2.30. The van der Waals surface area contributed by atoms with E-state index in [9.17, 15) is 4.79 Å². The third kappa shape index (κ3) is 3.49. The van der Waals surface area contributed by atoms with Crippen LogP contribution in [0.25, 0.3) is 0 Å². The normalized spacial score (nSPS) is 19.9. The Morgan fingerprint density at radius 2 is 2.00 bits per heavy atom. The second-order valence-corrected chi connectivity index (χ2v) is 6.82. The number of amides is 1. The first kappa shape index (κ1) is 16.0. The van der Waals surface area contributed by atoms with E-state index in [0.717, 1.165) is 24.6 Å². The van der Waals surface area contributed by atoms with Crippen LogP contribution in [0.4, 0.5) is 5.82 Å². The number of aryl methyl sites for hydroxylation is 1. The molecule has 1 amide bonds. The molecule has 1 saturated heterocycles. The van der Waals surface area contributed by atoms with Gasteiger partial charge in [-0.15, -0.1) is 5.10 Å². The van der Waals surface area contributed by atoms with Gasteiger partial charge in [0.2, 0.25) is 5.91 Å². The summed E-state index contributed by atoms with van der Waals surface area (Å²) in [5.41, 5.74) is 3.31. The number of hydrogen-bond acceptors (Lipinski definition) is 5. The van der Waals surface area contributed by atoms with Crippen molar-refractivity contribution in [2.24, 2.45) is 5.92 Å². The van der Waals surface area contributed by atoms with Crippen molar-refractivity contribution < 1.29 is 9.53 Å². The molecule has 2 aromatic rings. The topological polar surface area (TPSA) is 67.4 Å². The number of ether oxygens (including phenoxy) is 1. The monoisotopic (exact) mass is 338 g/mol. The number of nitrogens with one attached hydrogen (secondary N) is 1. The highest BCUT2D eigenvalue weighted by atomic mass is 16.5. The lowest BCUT2D eigenvalue weighted by atomic mass is 9.98. The molecule has 0 spiro atoms. The third-order valence-corrected chi connectivity index (χ3v) is 4.89. The van der Waals surface area contributed by atoms with Crippen LogP contribution < -0.4 is 10.2 Å². The summed E-state index contributed by atoms with van der Waals surface area (Å²) in [6.45, 7) is 4.91. The minimum absolute atomic E-state index is 0.0110. The first-order valence-corrected chi connectivity index (χ1v) is 8.70. The van der Waals surface area contributed by atoms with Gasteiger partial charge in [-0.05, 0) is 30.2 Å². The van der Waals surface area contributed by atoms with Crippen LogP contribution in [0.1, 0.15) is 16.8 Å². The lowest BCUT2D eigenvalue weighted by Gasteiger charge is -2.40. The van der Waals surface area contributed by atoms with E-state index in [1.807, 2.05) is 31.2 Å². The van der Waals surface area contributed by atoms with E-state index >= 15 is 0 Å². The highest BCUT2D eigenvalue weighted by Crippen LogP contribution is 2.23. The highest BCUT2D eigenvalue weighted by molar-refractivity contribution is 5.81. The number of benzene rings is 1. The molecule has 130 valence electrons. The Morgan fingerprint density at radius 1 is 1.20 bits per heavy atom. The van der Waals surface area contributed by atoms with E-state index in [2.05, 4.69) is 32.5 Å². The quantitative estimate of drug-likeness (QED) is 0.915. The van der Waals surface area contributed by atoms with Crippen molar-refractivity contribution in [2.75, 3.05) is 24.5 Å². The molecule has 1 aromatic heterocycles. The largest absolute Gasteiger partial charge is 0.363 e. The molecule has 3 heterocycles. The van der Waals surface area contributed by atoms with Gasteiger partial charge in [-0.2, -0.15) is 5.10 Å². The molecule has 0 bridgehead atoms. The smallest absolute Gasteiger partial charge is 0.249 e. The average molecular weight is 338 g/mol. The van der Waals surface area contributed by atoms with Crippen molar-refractivity contribution in [1.29, 1.82) is 0 Å². The van der Waals surface area contributed by atoms with Gasteiger partial charge in [0.05, 0.1) is 12.3 Å². The van der Waals surface area contributed by atoms with E-state index < -0.39 is 0 Å². The fraction of sp³-hybridized carbons (Fsp3) is 0.421. The second-order valence-electron chi connectivity index (χ2n) is 6.82. The summed E-state index contributed by atoms with van der Waals surface area (Å²) in [6, 6.07) is 12.1. The summed E-state index contributed by atoms with van der Waals surface area (Å²) in [4.78, 5) is 14.5. The minimum Gasteiger partial charge on any atom is -0.363 e. The Hall–Kier alpha value is -2.47. The van der Waals surface area contributed by atoms with E-state index in [1.165, 1.54) is 11.1 Å². The summed E-state index contributed by atoms with van der Waals surface area (Å²) in [6.07, 6.45) is 0.270. The van der Waals surface area contributed by atoms with Gasteiger partial charge in [0, 0.05) is 32.0 Å². The second kappa shape index (κ2) is 6.80.